The summed E-state index contributed by atoms with van der Waals surface area (Å²) in [6.07, 6.45) is 2.06. The Kier molecular flexibility index (Phi) is 3.66. The van der Waals surface area contributed by atoms with Crippen molar-refractivity contribution in [3.63, 3.8) is 0 Å². The van der Waals surface area contributed by atoms with E-state index in [1.165, 1.54) is 0 Å². The quantitative estimate of drug-likeness (QED) is 0.903. The molecule has 3 rings (SSSR count). The first-order chi connectivity index (χ1) is 9.30. The molecular weight excluding hydrogens is 260 g/mol. The molecule has 0 aliphatic carbocycles. The van der Waals surface area contributed by atoms with Gasteiger partial charge in [-0.15, -0.1) is 0 Å². The van der Waals surface area contributed by atoms with Crippen LogP contribution in [0.25, 0.3) is 0 Å². The molecular formula is C14H18N2O2S. The fourth-order valence-corrected chi connectivity index (χ4v) is 3.59. The lowest BCUT2D eigenvalue weighted by atomic mass is 9.93. The molecule has 1 fully saturated rings. The number of hydrogen-bond donors (Lipinski definition) is 1. The third-order valence-electron chi connectivity index (χ3n) is 3.56. The number of thioether (sulfide) groups is 1. The maximum atomic E-state index is 5.42. The average Bonchev–Trinajstić information content (AvgIpc) is 2.82. The van der Waals surface area contributed by atoms with Crippen LogP contribution in [-0.2, 0) is 4.74 Å². The van der Waals surface area contributed by atoms with Crippen molar-refractivity contribution in [2.75, 3.05) is 31.4 Å². The van der Waals surface area contributed by atoms with Gasteiger partial charge in [0.05, 0.1) is 12.6 Å². The van der Waals surface area contributed by atoms with E-state index in [2.05, 4.69) is 5.32 Å². The van der Waals surface area contributed by atoms with Crippen molar-refractivity contribution in [3.05, 3.63) is 24.3 Å². The maximum absolute atomic E-state index is 5.42. The Labute approximate surface area is 117 Å². The summed E-state index contributed by atoms with van der Waals surface area (Å²) in [4.78, 5) is 4.88. The Morgan fingerprint density at radius 3 is 3.00 bits per heavy atom. The molecule has 2 aliphatic rings. The molecule has 2 heterocycles. The van der Waals surface area contributed by atoms with Gasteiger partial charge in [0.1, 0.15) is 5.75 Å². The van der Waals surface area contributed by atoms with E-state index >= 15 is 0 Å². The van der Waals surface area contributed by atoms with E-state index in [9.17, 15) is 0 Å². The molecule has 0 amide bonds. The molecule has 1 N–H and O–H groups in total. The third kappa shape index (κ3) is 2.87. The van der Waals surface area contributed by atoms with E-state index in [0.717, 1.165) is 48.4 Å². The van der Waals surface area contributed by atoms with Gasteiger partial charge in [0.15, 0.2) is 5.17 Å². The second-order valence-corrected chi connectivity index (χ2v) is 5.86. The van der Waals surface area contributed by atoms with Crippen molar-refractivity contribution in [2.45, 2.75) is 18.4 Å². The predicted molar refractivity (Wildman–Crippen MR) is 79.3 cm³/mol. The summed E-state index contributed by atoms with van der Waals surface area (Å²) in [7, 11) is 1.68. The van der Waals surface area contributed by atoms with E-state index in [4.69, 9.17) is 14.5 Å². The van der Waals surface area contributed by atoms with Crippen LogP contribution in [0, 0.1) is 0 Å². The molecule has 1 aromatic carbocycles. The largest absolute Gasteiger partial charge is 0.497 e. The van der Waals surface area contributed by atoms with Gasteiger partial charge in [0, 0.05) is 30.7 Å². The van der Waals surface area contributed by atoms with Crippen molar-refractivity contribution >= 4 is 22.6 Å². The van der Waals surface area contributed by atoms with Crippen LogP contribution >= 0.6 is 11.8 Å². The van der Waals surface area contributed by atoms with E-state index in [-0.39, 0.29) is 5.54 Å². The number of methoxy groups -OCH3 is 1. The van der Waals surface area contributed by atoms with E-state index in [1.807, 2.05) is 24.3 Å². The highest BCUT2D eigenvalue weighted by molar-refractivity contribution is 8.14. The lowest BCUT2D eigenvalue weighted by Gasteiger charge is -2.29. The number of hydrogen-bond acceptors (Lipinski definition) is 5. The highest BCUT2D eigenvalue weighted by Crippen LogP contribution is 2.36. The van der Waals surface area contributed by atoms with Crippen LogP contribution in [0.5, 0.6) is 5.75 Å². The molecule has 0 unspecified atom stereocenters. The smallest absolute Gasteiger partial charge is 0.161 e. The zero-order valence-electron chi connectivity index (χ0n) is 11.0. The number of benzene rings is 1. The first kappa shape index (κ1) is 12.8. The maximum Gasteiger partial charge on any atom is 0.161 e. The Hall–Kier alpha value is -1.20. The number of rotatable bonds is 2. The van der Waals surface area contributed by atoms with Crippen LogP contribution < -0.4 is 10.1 Å². The fraction of sp³-hybridized carbons (Fsp3) is 0.500. The first-order valence-corrected chi connectivity index (χ1v) is 7.50. The number of aliphatic imine (C=N–C) groups is 1. The van der Waals surface area contributed by atoms with Gasteiger partial charge in [-0.2, -0.15) is 0 Å². The van der Waals surface area contributed by atoms with Crippen molar-refractivity contribution in [1.82, 2.24) is 0 Å². The summed E-state index contributed by atoms with van der Waals surface area (Å²) in [6.45, 7) is 1.66. The zero-order chi connectivity index (χ0) is 13.1. The summed E-state index contributed by atoms with van der Waals surface area (Å²) in [5, 5.41) is 4.39. The number of ether oxygens (including phenoxy) is 2. The minimum absolute atomic E-state index is 0.101. The minimum atomic E-state index is 0.101. The monoisotopic (exact) mass is 278 g/mol. The molecule has 1 aromatic rings. The molecule has 0 saturated carbocycles. The lowest BCUT2D eigenvalue weighted by molar-refractivity contribution is 0.0624. The fourth-order valence-electron chi connectivity index (χ4n) is 2.38. The van der Waals surface area contributed by atoms with Gasteiger partial charge >= 0.3 is 0 Å². The minimum Gasteiger partial charge on any atom is -0.497 e. The SMILES string of the molecule is COc1cccc(NC2=NC3(CCOCC3)CS2)c1. The summed E-state index contributed by atoms with van der Waals surface area (Å²) < 4.78 is 10.7. The van der Waals surface area contributed by atoms with Gasteiger partial charge < -0.3 is 14.8 Å². The van der Waals surface area contributed by atoms with Crippen LogP contribution in [0.2, 0.25) is 0 Å². The average molecular weight is 278 g/mol. The molecule has 0 bridgehead atoms. The third-order valence-corrected chi connectivity index (χ3v) is 4.71. The second kappa shape index (κ2) is 5.43. The van der Waals surface area contributed by atoms with Crippen molar-refractivity contribution < 1.29 is 9.47 Å². The standard InChI is InChI=1S/C14H18N2O2S/c1-17-12-4-2-3-11(9-12)15-13-16-14(10-19-13)5-7-18-8-6-14/h2-4,9H,5-8,10H2,1H3,(H,15,16). The zero-order valence-corrected chi connectivity index (χ0v) is 11.8. The van der Waals surface area contributed by atoms with Crippen LogP contribution in [0.15, 0.2) is 29.3 Å². The van der Waals surface area contributed by atoms with Crippen LogP contribution in [0.3, 0.4) is 0 Å². The molecule has 4 nitrogen and oxygen atoms in total. The molecule has 1 saturated heterocycles. The predicted octanol–water partition coefficient (Wildman–Crippen LogP) is 2.76. The van der Waals surface area contributed by atoms with Gasteiger partial charge in [-0.25, -0.2) is 0 Å². The van der Waals surface area contributed by atoms with Gasteiger partial charge in [-0.1, -0.05) is 17.8 Å². The Bertz CT molecular complexity index is 484. The number of nitrogens with one attached hydrogen (secondary N) is 1. The van der Waals surface area contributed by atoms with Crippen LogP contribution in [0.4, 0.5) is 5.69 Å². The Balaban J connectivity index is 1.71. The topological polar surface area (TPSA) is 42.8 Å². The summed E-state index contributed by atoms with van der Waals surface area (Å²) in [5.74, 6) is 1.91. The molecule has 2 aliphatic heterocycles. The van der Waals surface area contributed by atoms with Gasteiger partial charge in [0.2, 0.25) is 0 Å². The number of nitrogens with zero attached hydrogens (tertiary/aromatic N) is 1. The summed E-state index contributed by atoms with van der Waals surface area (Å²) in [5.41, 5.74) is 1.12. The lowest BCUT2D eigenvalue weighted by Crippen LogP contribution is -2.34. The molecule has 102 valence electrons. The van der Waals surface area contributed by atoms with Crippen molar-refractivity contribution in [3.8, 4) is 5.75 Å². The van der Waals surface area contributed by atoms with E-state index in [1.54, 1.807) is 18.9 Å². The number of amidine groups is 1. The molecule has 0 radical (unpaired) electrons. The highest BCUT2D eigenvalue weighted by Gasteiger charge is 2.37. The second-order valence-electron chi connectivity index (χ2n) is 4.90. The summed E-state index contributed by atoms with van der Waals surface area (Å²) in [6, 6.07) is 7.93. The van der Waals surface area contributed by atoms with Gasteiger partial charge in [0.25, 0.3) is 0 Å². The molecule has 5 heteroatoms. The normalized spacial score (nSPS) is 21.2. The van der Waals surface area contributed by atoms with Crippen molar-refractivity contribution in [2.24, 2.45) is 4.99 Å². The van der Waals surface area contributed by atoms with Crippen molar-refractivity contribution in [1.29, 1.82) is 0 Å². The first-order valence-electron chi connectivity index (χ1n) is 6.51. The number of anilines is 1. The molecule has 0 aromatic heterocycles. The van der Waals surface area contributed by atoms with Crippen LogP contribution in [-0.4, -0.2) is 36.8 Å². The van der Waals surface area contributed by atoms with E-state index < -0.39 is 0 Å². The van der Waals surface area contributed by atoms with E-state index in [0.29, 0.717) is 0 Å². The highest BCUT2D eigenvalue weighted by atomic mass is 32.2. The molecule has 1 spiro atoms. The van der Waals surface area contributed by atoms with Gasteiger partial charge in [-0.3, -0.25) is 4.99 Å². The Morgan fingerprint density at radius 2 is 2.21 bits per heavy atom. The summed E-state index contributed by atoms with van der Waals surface area (Å²) >= 11 is 1.80. The van der Waals surface area contributed by atoms with Gasteiger partial charge in [-0.05, 0) is 25.0 Å². The molecule has 19 heavy (non-hydrogen) atoms. The Morgan fingerprint density at radius 1 is 1.37 bits per heavy atom. The molecule has 0 atom stereocenters. The van der Waals surface area contributed by atoms with Crippen LogP contribution in [0.1, 0.15) is 12.8 Å².